The zero-order chi connectivity index (χ0) is 13.9. The lowest BCUT2D eigenvalue weighted by atomic mass is 10.1. The molecule has 1 N–H and O–H groups in total. The summed E-state index contributed by atoms with van der Waals surface area (Å²) in [5.74, 6) is 2.04. The monoisotopic (exact) mass is 271 g/mol. The molecule has 0 radical (unpaired) electrons. The van der Waals surface area contributed by atoms with Crippen LogP contribution in [0, 0.1) is 12.8 Å². The van der Waals surface area contributed by atoms with Gasteiger partial charge in [-0.3, -0.25) is 0 Å². The molecule has 3 rings (SSSR count). The molecule has 1 unspecified atom stereocenters. The largest absolute Gasteiger partial charge is 0.461 e. The fraction of sp³-hybridized carbons (Fsp3) is 0.556. The van der Waals surface area contributed by atoms with Crippen LogP contribution in [0.2, 0.25) is 0 Å². The number of furan rings is 1. The van der Waals surface area contributed by atoms with E-state index in [2.05, 4.69) is 43.4 Å². The molecule has 108 valence electrons. The van der Waals surface area contributed by atoms with Crippen LogP contribution in [-0.2, 0) is 6.42 Å². The lowest BCUT2D eigenvalue weighted by Gasteiger charge is -2.17. The predicted octanol–water partition coefficient (Wildman–Crippen LogP) is 4.45. The average molecular weight is 271 g/mol. The maximum atomic E-state index is 5.95. The smallest absolute Gasteiger partial charge is 0.134 e. The van der Waals surface area contributed by atoms with E-state index in [1.807, 2.05) is 0 Å². The van der Waals surface area contributed by atoms with Crippen molar-refractivity contribution >= 4 is 11.0 Å². The van der Waals surface area contributed by atoms with Crippen LogP contribution < -0.4 is 5.32 Å². The second kappa shape index (κ2) is 6.01. The van der Waals surface area contributed by atoms with Gasteiger partial charge in [-0.1, -0.05) is 18.6 Å². The van der Waals surface area contributed by atoms with E-state index in [4.69, 9.17) is 4.42 Å². The highest BCUT2D eigenvalue weighted by Crippen LogP contribution is 2.34. The van der Waals surface area contributed by atoms with Crippen molar-refractivity contribution in [3.05, 3.63) is 35.6 Å². The van der Waals surface area contributed by atoms with Crippen molar-refractivity contribution in [3.63, 3.8) is 0 Å². The van der Waals surface area contributed by atoms with E-state index in [0.29, 0.717) is 6.04 Å². The van der Waals surface area contributed by atoms with Gasteiger partial charge in [-0.15, -0.1) is 0 Å². The van der Waals surface area contributed by atoms with Crippen molar-refractivity contribution in [1.82, 2.24) is 5.32 Å². The van der Waals surface area contributed by atoms with Crippen LogP contribution in [0.5, 0.6) is 0 Å². The van der Waals surface area contributed by atoms with Gasteiger partial charge in [0.05, 0.1) is 0 Å². The maximum Gasteiger partial charge on any atom is 0.134 e. The number of hydrogen-bond donors (Lipinski definition) is 1. The van der Waals surface area contributed by atoms with Crippen LogP contribution >= 0.6 is 0 Å². The number of hydrogen-bond acceptors (Lipinski definition) is 2. The van der Waals surface area contributed by atoms with Gasteiger partial charge in [-0.25, -0.2) is 0 Å². The Morgan fingerprint density at radius 3 is 2.90 bits per heavy atom. The third-order valence-electron chi connectivity index (χ3n) is 4.27. The summed E-state index contributed by atoms with van der Waals surface area (Å²) >= 11 is 0. The molecule has 1 atom stereocenters. The Hall–Kier alpha value is -1.28. The van der Waals surface area contributed by atoms with Gasteiger partial charge in [0.2, 0.25) is 0 Å². The molecule has 0 aliphatic heterocycles. The van der Waals surface area contributed by atoms with Gasteiger partial charge in [0, 0.05) is 17.8 Å². The highest BCUT2D eigenvalue weighted by molar-refractivity contribution is 5.78. The van der Waals surface area contributed by atoms with Crippen LogP contribution in [-0.4, -0.2) is 12.6 Å². The summed E-state index contributed by atoms with van der Waals surface area (Å²) in [6.07, 6.45) is 6.27. The molecule has 1 aromatic heterocycles. The summed E-state index contributed by atoms with van der Waals surface area (Å²) in [6.45, 7) is 5.50. The summed E-state index contributed by atoms with van der Waals surface area (Å²) in [6, 6.07) is 9.31. The summed E-state index contributed by atoms with van der Waals surface area (Å²) in [5.41, 5.74) is 2.32. The Bertz CT molecular complexity index is 568. The Kier molecular flexibility index (Phi) is 4.11. The first-order chi connectivity index (χ1) is 9.76. The van der Waals surface area contributed by atoms with Gasteiger partial charge in [-0.2, -0.15) is 0 Å². The van der Waals surface area contributed by atoms with Crippen LogP contribution in [0.15, 0.2) is 28.7 Å². The number of fused-ring (bicyclic) bond motifs is 1. The Labute approximate surface area is 121 Å². The number of aryl methyl sites for hydroxylation is 2. The fourth-order valence-electron chi connectivity index (χ4n) is 2.97. The highest BCUT2D eigenvalue weighted by Gasteiger charge is 2.30. The molecule has 2 nitrogen and oxygen atoms in total. The summed E-state index contributed by atoms with van der Waals surface area (Å²) in [4.78, 5) is 0. The quantitative estimate of drug-likeness (QED) is 0.804. The number of nitrogens with one attached hydrogen (secondary N) is 1. The molecule has 1 saturated carbocycles. The van der Waals surface area contributed by atoms with Gasteiger partial charge in [0.15, 0.2) is 0 Å². The van der Waals surface area contributed by atoms with Crippen LogP contribution in [0.4, 0.5) is 0 Å². The zero-order valence-corrected chi connectivity index (χ0v) is 12.6. The molecule has 1 aromatic carbocycles. The molecular weight excluding hydrogens is 246 g/mol. The zero-order valence-electron chi connectivity index (χ0n) is 12.6. The Morgan fingerprint density at radius 1 is 1.30 bits per heavy atom. The lowest BCUT2D eigenvalue weighted by Crippen LogP contribution is -2.32. The molecule has 2 aromatic rings. The first-order valence-corrected chi connectivity index (χ1v) is 7.98. The molecule has 0 saturated heterocycles. The molecule has 0 bridgehead atoms. The molecule has 2 heteroatoms. The average Bonchev–Trinajstić information content (AvgIpc) is 3.19. The topological polar surface area (TPSA) is 25.2 Å². The maximum absolute atomic E-state index is 5.95. The van der Waals surface area contributed by atoms with Crippen molar-refractivity contribution < 1.29 is 4.42 Å². The summed E-state index contributed by atoms with van der Waals surface area (Å²) in [5, 5.41) is 4.94. The second-order valence-corrected chi connectivity index (χ2v) is 6.19. The second-order valence-electron chi connectivity index (χ2n) is 6.19. The molecule has 1 aliphatic rings. The lowest BCUT2D eigenvalue weighted by molar-refractivity contribution is 0.418. The standard InChI is InChI=1S/C18H25NO/c1-3-10-19-17(14-5-6-14)8-7-16-12-15-11-13(2)4-9-18(15)20-16/h4,9,11-12,14,17,19H,3,5-8,10H2,1-2H3. The van der Waals surface area contributed by atoms with Gasteiger partial charge >= 0.3 is 0 Å². The molecule has 1 heterocycles. The van der Waals surface area contributed by atoms with E-state index in [1.165, 1.54) is 36.6 Å². The van der Waals surface area contributed by atoms with Crippen molar-refractivity contribution in [1.29, 1.82) is 0 Å². The third kappa shape index (κ3) is 3.24. The Morgan fingerprint density at radius 2 is 2.15 bits per heavy atom. The van der Waals surface area contributed by atoms with E-state index >= 15 is 0 Å². The van der Waals surface area contributed by atoms with Gasteiger partial charge < -0.3 is 9.73 Å². The molecule has 1 fully saturated rings. The predicted molar refractivity (Wildman–Crippen MR) is 84.1 cm³/mol. The van der Waals surface area contributed by atoms with Crippen LogP contribution in [0.1, 0.15) is 43.9 Å². The normalized spacial score (nSPS) is 16.7. The van der Waals surface area contributed by atoms with Crippen LogP contribution in [0.3, 0.4) is 0 Å². The van der Waals surface area contributed by atoms with Crippen molar-refractivity contribution in [3.8, 4) is 0 Å². The fourth-order valence-corrected chi connectivity index (χ4v) is 2.97. The molecule has 0 amide bonds. The number of benzene rings is 1. The minimum Gasteiger partial charge on any atom is -0.461 e. The van der Waals surface area contributed by atoms with E-state index < -0.39 is 0 Å². The van der Waals surface area contributed by atoms with Gasteiger partial charge in [0.25, 0.3) is 0 Å². The van der Waals surface area contributed by atoms with Gasteiger partial charge in [0.1, 0.15) is 11.3 Å². The first kappa shape index (κ1) is 13.7. The van der Waals surface area contributed by atoms with E-state index in [9.17, 15) is 0 Å². The molecular formula is C18H25NO. The minimum absolute atomic E-state index is 0.685. The Balaban J connectivity index is 1.63. The van der Waals surface area contributed by atoms with Crippen molar-refractivity contribution in [2.45, 2.75) is 52.0 Å². The SMILES string of the molecule is CCCNC(CCc1cc2cc(C)ccc2o1)C1CC1. The first-order valence-electron chi connectivity index (χ1n) is 7.98. The van der Waals surface area contributed by atoms with Crippen molar-refractivity contribution in [2.24, 2.45) is 5.92 Å². The van der Waals surface area contributed by atoms with Crippen molar-refractivity contribution in [2.75, 3.05) is 6.54 Å². The molecule has 20 heavy (non-hydrogen) atoms. The van der Waals surface area contributed by atoms with E-state index in [-0.39, 0.29) is 0 Å². The highest BCUT2D eigenvalue weighted by atomic mass is 16.3. The molecule has 0 spiro atoms. The molecule has 1 aliphatic carbocycles. The van der Waals surface area contributed by atoms with Crippen LogP contribution in [0.25, 0.3) is 11.0 Å². The summed E-state index contributed by atoms with van der Waals surface area (Å²) in [7, 11) is 0. The number of rotatable bonds is 7. The third-order valence-corrected chi connectivity index (χ3v) is 4.27. The van der Waals surface area contributed by atoms with Gasteiger partial charge in [-0.05, 0) is 63.3 Å². The van der Waals surface area contributed by atoms with E-state index in [1.54, 1.807) is 0 Å². The minimum atomic E-state index is 0.685. The van der Waals surface area contributed by atoms with E-state index in [0.717, 1.165) is 30.2 Å². The summed E-state index contributed by atoms with van der Waals surface area (Å²) < 4.78 is 5.95.